The Labute approximate surface area is 112 Å². The van der Waals surface area contributed by atoms with E-state index in [-0.39, 0.29) is 18.8 Å². The van der Waals surface area contributed by atoms with Crippen LogP contribution >= 0.6 is 0 Å². The highest BCUT2D eigenvalue weighted by molar-refractivity contribution is 5.02. The van der Waals surface area contributed by atoms with E-state index in [0.29, 0.717) is 25.3 Å². The smallest absolute Gasteiger partial charge is 0.248 e. The van der Waals surface area contributed by atoms with E-state index < -0.39 is 12.0 Å². The second-order valence-electron chi connectivity index (χ2n) is 5.85. The molecule has 0 spiro atoms. The third-order valence-corrected chi connectivity index (χ3v) is 3.92. The van der Waals surface area contributed by atoms with Gasteiger partial charge in [-0.15, -0.1) is 0 Å². The van der Waals surface area contributed by atoms with Gasteiger partial charge >= 0.3 is 0 Å². The minimum absolute atomic E-state index is 0.0242. The van der Waals surface area contributed by atoms with Gasteiger partial charge in [-0.3, -0.25) is 4.68 Å². The van der Waals surface area contributed by atoms with Gasteiger partial charge in [0.15, 0.2) is 0 Å². The van der Waals surface area contributed by atoms with E-state index in [1.807, 2.05) is 30.8 Å². The Morgan fingerprint density at radius 3 is 2.58 bits per heavy atom. The van der Waals surface area contributed by atoms with Gasteiger partial charge in [0.2, 0.25) is 5.92 Å². The van der Waals surface area contributed by atoms with Crippen molar-refractivity contribution in [2.45, 2.75) is 64.0 Å². The number of alkyl halides is 2. The van der Waals surface area contributed by atoms with Crippen molar-refractivity contribution < 1.29 is 13.9 Å². The van der Waals surface area contributed by atoms with E-state index in [9.17, 15) is 13.9 Å². The fourth-order valence-corrected chi connectivity index (χ4v) is 2.60. The summed E-state index contributed by atoms with van der Waals surface area (Å²) >= 11 is 0. The molecule has 0 aliphatic heterocycles. The zero-order chi connectivity index (χ0) is 14.0. The fourth-order valence-electron chi connectivity index (χ4n) is 2.60. The van der Waals surface area contributed by atoms with E-state index >= 15 is 0 Å². The van der Waals surface area contributed by atoms with Gasteiger partial charge in [0, 0.05) is 31.5 Å². The molecule has 19 heavy (non-hydrogen) atoms. The second-order valence-corrected chi connectivity index (χ2v) is 5.85. The maximum atomic E-state index is 13.1. The zero-order valence-electron chi connectivity index (χ0n) is 11.5. The van der Waals surface area contributed by atoms with Crippen LogP contribution in [0.1, 0.15) is 51.3 Å². The lowest BCUT2D eigenvalue weighted by atomic mass is 9.82. The van der Waals surface area contributed by atoms with Gasteiger partial charge < -0.3 is 5.11 Å². The molecule has 1 aromatic rings. The maximum absolute atomic E-state index is 13.1. The van der Waals surface area contributed by atoms with Crippen molar-refractivity contribution in [2.75, 3.05) is 0 Å². The summed E-state index contributed by atoms with van der Waals surface area (Å²) < 4.78 is 28.0. The Kier molecular flexibility index (Phi) is 4.23. The Balaban J connectivity index is 1.88. The van der Waals surface area contributed by atoms with Gasteiger partial charge in [0.05, 0.1) is 11.8 Å². The summed E-state index contributed by atoms with van der Waals surface area (Å²) in [5, 5.41) is 14.5. The van der Waals surface area contributed by atoms with Crippen molar-refractivity contribution >= 4 is 0 Å². The summed E-state index contributed by atoms with van der Waals surface area (Å²) in [6.45, 7) is 4.08. The van der Waals surface area contributed by atoms with Crippen molar-refractivity contribution in [2.24, 2.45) is 5.92 Å². The van der Waals surface area contributed by atoms with Crippen LogP contribution in [0, 0.1) is 5.92 Å². The largest absolute Gasteiger partial charge is 0.392 e. The normalized spacial score (nSPS) is 21.8. The molecular formula is C14H22F2N2O. The van der Waals surface area contributed by atoms with Gasteiger partial charge in [-0.05, 0) is 38.7 Å². The van der Waals surface area contributed by atoms with Crippen molar-refractivity contribution in [3.8, 4) is 0 Å². The number of aromatic nitrogens is 2. The molecule has 0 amide bonds. The number of hydrogen-bond donors (Lipinski definition) is 1. The summed E-state index contributed by atoms with van der Waals surface area (Å²) in [6, 6.07) is 2.18. The van der Waals surface area contributed by atoms with Crippen LogP contribution in [-0.2, 0) is 6.42 Å². The van der Waals surface area contributed by atoms with Crippen LogP contribution in [-0.4, -0.2) is 26.9 Å². The first kappa shape index (κ1) is 14.4. The Hall–Kier alpha value is -0.970. The standard InChI is InChI=1S/C14H22F2N2O/c1-10(2)18-8-5-12(17-18)9-13(19)11-3-6-14(15,16)7-4-11/h5,8,10-11,13,19H,3-4,6-7,9H2,1-2H3. The summed E-state index contributed by atoms with van der Waals surface area (Å²) in [5.41, 5.74) is 0.832. The molecule has 3 nitrogen and oxygen atoms in total. The summed E-state index contributed by atoms with van der Waals surface area (Å²) in [5.74, 6) is -2.56. The fraction of sp³-hybridized carbons (Fsp3) is 0.786. The van der Waals surface area contributed by atoms with E-state index in [4.69, 9.17) is 0 Å². The third kappa shape index (κ3) is 3.75. The molecule has 108 valence electrons. The molecule has 1 unspecified atom stereocenters. The monoisotopic (exact) mass is 272 g/mol. The molecule has 1 aliphatic carbocycles. The summed E-state index contributed by atoms with van der Waals surface area (Å²) in [6.07, 6.45) is 2.38. The van der Waals surface area contributed by atoms with Crippen LogP contribution in [0.15, 0.2) is 12.3 Å². The van der Waals surface area contributed by atoms with E-state index in [1.54, 1.807) is 0 Å². The number of aliphatic hydroxyl groups excluding tert-OH is 1. The van der Waals surface area contributed by atoms with Crippen molar-refractivity contribution in [3.05, 3.63) is 18.0 Å². The average molecular weight is 272 g/mol. The lowest BCUT2D eigenvalue weighted by Crippen LogP contribution is -2.32. The van der Waals surface area contributed by atoms with Gasteiger partial charge in [-0.1, -0.05) is 0 Å². The van der Waals surface area contributed by atoms with Crippen LogP contribution in [0.2, 0.25) is 0 Å². The van der Waals surface area contributed by atoms with Crippen LogP contribution in [0.3, 0.4) is 0 Å². The van der Waals surface area contributed by atoms with E-state index in [0.717, 1.165) is 5.69 Å². The summed E-state index contributed by atoms with van der Waals surface area (Å²) in [4.78, 5) is 0. The molecule has 1 aliphatic rings. The molecule has 0 aromatic carbocycles. The minimum Gasteiger partial charge on any atom is -0.392 e. The first-order valence-corrected chi connectivity index (χ1v) is 6.97. The predicted octanol–water partition coefficient (Wildman–Crippen LogP) is 3.19. The van der Waals surface area contributed by atoms with Crippen molar-refractivity contribution in [3.63, 3.8) is 0 Å². The van der Waals surface area contributed by atoms with Crippen LogP contribution in [0.25, 0.3) is 0 Å². The molecule has 1 atom stereocenters. The summed E-state index contributed by atoms with van der Waals surface area (Å²) in [7, 11) is 0. The van der Waals surface area contributed by atoms with E-state index in [2.05, 4.69) is 5.10 Å². The zero-order valence-corrected chi connectivity index (χ0v) is 11.5. The van der Waals surface area contributed by atoms with Crippen molar-refractivity contribution in [1.29, 1.82) is 0 Å². The highest BCUT2D eigenvalue weighted by Gasteiger charge is 2.37. The van der Waals surface area contributed by atoms with Crippen molar-refractivity contribution in [1.82, 2.24) is 9.78 Å². The Bertz CT molecular complexity index is 407. The molecule has 1 heterocycles. The number of rotatable bonds is 4. The second kappa shape index (κ2) is 5.57. The minimum atomic E-state index is -2.53. The highest BCUT2D eigenvalue weighted by atomic mass is 19.3. The van der Waals surface area contributed by atoms with Gasteiger partial charge in [-0.2, -0.15) is 5.10 Å². The lowest BCUT2D eigenvalue weighted by molar-refractivity contribution is -0.0620. The van der Waals surface area contributed by atoms with Gasteiger partial charge in [0.1, 0.15) is 0 Å². The first-order valence-electron chi connectivity index (χ1n) is 6.97. The average Bonchev–Trinajstić information content (AvgIpc) is 2.77. The quantitative estimate of drug-likeness (QED) is 0.914. The number of nitrogens with zero attached hydrogens (tertiary/aromatic N) is 2. The molecule has 1 N–H and O–H groups in total. The predicted molar refractivity (Wildman–Crippen MR) is 69.2 cm³/mol. The molecule has 0 radical (unpaired) electrons. The van der Waals surface area contributed by atoms with Crippen LogP contribution in [0.4, 0.5) is 8.78 Å². The van der Waals surface area contributed by atoms with Gasteiger partial charge in [-0.25, -0.2) is 8.78 Å². The SMILES string of the molecule is CC(C)n1ccc(CC(O)C2CCC(F)(F)CC2)n1. The first-order chi connectivity index (χ1) is 8.87. The molecule has 0 bridgehead atoms. The van der Waals surface area contributed by atoms with Gasteiger partial charge in [0.25, 0.3) is 0 Å². The Morgan fingerprint density at radius 2 is 2.05 bits per heavy atom. The lowest BCUT2D eigenvalue weighted by Gasteiger charge is -2.31. The van der Waals surface area contributed by atoms with E-state index in [1.165, 1.54) is 0 Å². The molecule has 5 heteroatoms. The molecule has 1 fully saturated rings. The molecule has 2 rings (SSSR count). The number of hydrogen-bond acceptors (Lipinski definition) is 2. The molecular weight excluding hydrogens is 250 g/mol. The van der Waals surface area contributed by atoms with Crippen LogP contribution < -0.4 is 0 Å². The maximum Gasteiger partial charge on any atom is 0.248 e. The highest BCUT2D eigenvalue weighted by Crippen LogP contribution is 2.37. The number of aliphatic hydroxyl groups is 1. The van der Waals surface area contributed by atoms with Crippen LogP contribution in [0.5, 0.6) is 0 Å². The molecule has 1 aromatic heterocycles. The molecule has 1 saturated carbocycles. The third-order valence-electron chi connectivity index (χ3n) is 3.92. The molecule has 0 saturated heterocycles. The number of halogens is 2. The topological polar surface area (TPSA) is 38.0 Å². The Morgan fingerprint density at radius 1 is 1.42 bits per heavy atom.